The predicted molar refractivity (Wildman–Crippen MR) is 115 cm³/mol. The number of hydrogen-bond donors (Lipinski definition) is 3. The molecular weight excluding hydrogens is 488 g/mol. The molecule has 4 rings (SSSR count). The molecule has 190 valence electrons. The van der Waals surface area contributed by atoms with Gasteiger partial charge in [-0.3, -0.25) is 14.3 Å². The molecule has 14 heteroatoms. The lowest BCUT2D eigenvalue weighted by molar-refractivity contribution is -0.265. The van der Waals surface area contributed by atoms with Crippen molar-refractivity contribution in [3.8, 4) is 17.0 Å². The lowest BCUT2D eigenvalue weighted by Crippen LogP contribution is -2.52. The fraction of sp³-hybridized carbons (Fsp3) is 0.318. The van der Waals surface area contributed by atoms with Crippen LogP contribution in [0.3, 0.4) is 0 Å². The molecule has 36 heavy (non-hydrogen) atoms. The lowest BCUT2D eigenvalue weighted by atomic mass is 9.81. The zero-order valence-corrected chi connectivity index (χ0v) is 18.9. The summed E-state index contributed by atoms with van der Waals surface area (Å²) < 4.78 is 63.1. The molecule has 2 aromatic heterocycles. The fourth-order valence-corrected chi connectivity index (χ4v) is 3.69. The number of alkyl halides is 3. The van der Waals surface area contributed by atoms with Gasteiger partial charge in [0.15, 0.2) is 5.69 Å². The van der Waals surface area contributed by atoms with Gasteiger partial charge in [-0.25, -0.2) is 9.37 Å². The van der Waals surface area contributed by atoms with Crippen molar-refractivity contribution in [2.45, 2.75) is 24.1 Å². The summed E-state index contributed by atoms with van der Waals surface area (Å²) in [6.07, 6.45) is -4.15. The highest BCUT2D eigenvalue weighted by molar-refractivity contribution is 5.92. The third kappa shape index (κ3) is 4.12. The summed E-state index contributed by atoms with van der Waals surface area (Å²) in [7, 11) is 1.46. The molecule has 10 nitrogen and oxygen atoms in total. The number of carbonyl (C=O) groups excluding carboxylic acids is 2. The lowest BCUT2D eigenvalue weighted by Gasteiger charge is -2.31. The molecule has 1 unspecified atom stereocenters. The van der Waals surface area contributed by atoms with Crippen LogP contribution in [0, 0.1) is 5.82 Å². The Kier molecular flexibility index (Phi) is 5.95. The Labute approximate surface area is 201 Å². The van der Waals surface area contributed by atoms with Crippen molar-refractivity contribution in [2.75, 3.05) is 13.2 Å². The number of pyridine rings is 1. The third-order valence-corrected chi connectivity index (χ3v) is 5.97. The number of fused-ring (bicyclic) bond motifs is 1. The van der Waals surface area contributed by atoms with E-state index in [1.165, 1.54) is 37.0 Å². The minimum atomic E-state index is -5.33. The summed E-state index contributed by atoms with van der Waals surface area (Å²) in [6, 6.07) is 5.52. The highest BCUT2D eigenvalue weighted by Gasteiger charge is 2.57. The number of primary amides is 1. The minimum absolute atomic E-state index is 0.0280. The normalized spacial score (nSPS) is 18.8. The molecule has 3 aromatic rings. The van der Waals surface area contributed by atoms with Crippen molar-refractivity contribution >= 4 is 11.8 Å². The van der Waals surface area contributed by atoms with E-state index in [9.17, 15) is 32.3 Å². The Morgan fingerprint density at radius 2 is 1.94 bits per heavy atom. The molecule has 0 spiro atoms. The first-order chi connectivity index (χ1) is 16.8. The Morgan fingerprint density at radius 3 is 2.50 bits per heavy atom. The van der Waals surface area contributed by atoms with Crippen LogP contribution in [0.4, 0.5) is 17.6 Å². The molecule has 0 bridgehead atoms. The Morgan fingerprint density at radius 1 is 1.28 bits per heavy atom. The summed E-state index contributed by atoms with van der Waals surface area (Å²) in [5.41, 5.74) is -0.969. The van der Waals surface area contributed by atoms with Gasteiger partial charge in [0.2, 0.25) is 11.5 Å². The molecule has 0 saturated carbocycles. The molecular formula is C22H20F4N6O4. The maximum absolute atomic E-state index is 14.3. The Bertz CT molecular complexity index is 1340. The second-order valence-corrected chi connectivity index (χ2v) is 8.54. The molecule has 2 amide bonds. The van der Waals surface area contributed by atoms with E-state index in [-0.39, 0.29) is 34.9 Å². The van der Waals surface area contributed by atoms with Crippen LogP contribution < -0.4 is 15.8 Å². The number of amides is 2. The summed E-state index contributed by atoms with van der Waals surface area (Å²) in [4.78, 5) is 28.6. The number of aryl methyl sites for hydroxylation is 1. The van der Waals surface area contributed by atoms with E-state index < -0.39 is 47.1 Å². The fourth-order valence-electron chi connectivity index (χ4n) is 3.69. The standard InChI is InChI=1S/C22H20F4N6O4/c1-20(19(27)34)10-36-17-13(20)7-15(29-16(17)11-3-5-12(23)6-4-11)21(35,22(24,25)26)9-28-18(33)14-8-32(2)31-30-14/h3-8,35H,9-10H2,1-2H3,(H2,27,34)(H,28,33)/t20-,21?/m0/s1. The first kappa shape index (κ1) is 25.0. The zero-order valence-electron chi connectivity index (χ0n) is 18.9. The number of aliphatic hydroxyl groups is 1. The van der Waals surface area contributed by atoms with E-state index in [0.717, 1.165) is 18.2 Å². The van der Waals surface area contributed by atoms with Gasteiger partial charge in [0.05, 0.1) is 18.4 Å². The Balaban J connectivity index is 1.86. The van der Waals surface area contributed by atoms with Crippen LogP contribution in [-0.2, 0) is 22.9 Å². The second kappa shape index (κ2) is 8.55. The monoisotopic (exact) mass is 508 g/mol. The van der Waals surface area contributed by atoms with Gasteiger partial charge in [-0.1, -0.05) is 5.21 Å². The number of nitrogens with zero attached hydrogens (tertiary/aromatic N) is 4. The second-order valence-electron chi connectivity index (χ2n) is 8.54. The van der Waals surface area contributed by atoms with Crippen molar-refractivity contribution in [3.05, 3.63) is 59.3 Å². The van der Waals surface area contributed by atoms with Crippen molar-refractivity contribution in [1.29, 1.82) is 0 Å². The van der Waals surface area contributed by atoms with Gasteiger partial charge in [-0.15, -0.1) is 5.10 Å². The van der Waals surface area contributed by atoms with E-state index in [2.05, 4.69) is 15.3 Å². The average molecular weight is 508 g/mol. The maximum Gasteiger partial charge on any atom is 0.424 e. The van der Waals surface area contributed by atoms with Gasteiger partial charge in [0.25, 0.3) is 5.91 Å². The van der Waals surface area contributed by atoms with Crippen molar-refractivity contribution < 1.29 is 37.0 Å². The van der Waals surface area contributed by atoms with Crippen molar-refractivity contribution in [1.82, 2.24) is 25.3 Å². The number of hydrogen-bond acceptors (Lipinski definition) is 7. The van der Waals surface area contributed by atoms with Crippen LogP contribution in [0.25, 0.3) is 11.3 Å². The largest absolute Gasteiger partial charge is 0.489 e. The SMILES string of the molecule is Cn1cc(C(=O)NCC(O)(c2cc3c(c(-c4ccc(F)cc4)n2)OC[C@]3(C)C(N)=O)C(F)(F)F)nn1. The van der Waals surface area contributed by atoms with Crippen LogP contribution in [-0.4, -0.2) is 56.2 Å². The third-order valence-electron chi connectivity index (χ3n) is 5.97. The molecule has 0 radical (unpaired) electrons. The smallest absolute Gasteiger partial charge is 0.424 e. The number of carbonyl (C=O) groups is 2. The molecule has 2 atom stereocenters. The summed E-state index contributed by atoms with van der Waals surface area (Å²) in [5, 5.41) is 20.0. The van der Waals surface area contributed by atoms with Crippen LogP contribution in [0.15, 0.2) is 36.5 Å². The first-order valence-electron chi connectivity index (χ1n) is 10.4. The van der Waals surface area contributed by atoms with Gasteiger partial charge >= 0.3 is 6.18 Å². The molecule has 4 N–H and O–H groups in total. The minimum Gasteiger partial charge on any atom is -0.489 e. The van der Waals surface area contributed by atoms with Gasteiger partial charge in [0.1, 0.15) is 29.3 Å². The van der Waals surface area contributed by atoms with E-state index >= 15 is 0 Å². The molecule has 0 saturated heterocycles. The quantitative estimate of drug-likeness (QED) is 0.426. The number of benzene rings is 1. The van der Waals surface area contributed by atoms with E-state index in [0.29, 0.717) is 0 Å². The van der Waals surface area contributed by atoms with Crippen LogP contribution in [0.5, 0.6) is 5.75 Å². The molecule has 1 aliphatic heterocycles. The van der Waals surface area contributed by atoms with E-state index in [1.807, 2.05) is 5.32 Å². The summed E-state index contributed by atoms with van der Waals surface area (Å²) >= 11 is 0. The van der Waals surface area contributed by atoms with Gasteiger partial charge in [-0.05, 0) is 37.3 Å². The highest BCUT2D eigenvalue weighted by atomic mass is 19.4. The summed E-state index contributed by atoms with van der Waals surface area (Å²) in [5.74, 6) is -2.53. The first-order valence-corrected chi connectivity index (χ1v) is 10.4. The van der Waals surface area contributed by atoms with E-state index in [1.54, 1.807) is 0 Å². The number of rotatable bonds is 6. The molecule has 0 fully saturated rings. The predicted octanol–water partition coefficient (Wildman–Crippen LogP) is 1.33. The van der Waals surface area contributed by atoms with Crippen LogP contribution >= 0.6 is 0 Å². The zero-order chi connectivity index (χ0) is 26.5. The average Bonchev–Trinajstić information content (AvgIpc) is 3.41. The van der Waals surface area contributed by atoms with Gasteiger partial charge in [-0.2, -0.15) is 13.2 Å². The van der Waals surface area contributed by atoms with Crippen LogP contribution in [0.2, 0.25) is 0 Å². The number of ether oxygens (including phenoxy) is 1. The number of nitrogens with two attached hydrogens (primary N) is 1. The topological polar surface area (TPSA) is 145 Å². The Hall–Kier alpha value is -4.07. The highest BCUT2D eigenvalue weighted by Crippen LogP contribution is 2.47. The summed E-state index contributed by atoms with van der Waals surface area (Å²) in [6.45, 7) is -0.249. The van der Waals surface area contributed by atoms with Gasteiger partial charge in [0, 0.05) is 18.2 Å². The number of halogens is 4. The van der Waals surface area contributed by atoms with Crippen molar-refractivity contribution in [2.24, 2.45) is 12.8 Å². The molecule has 1 aliphatic rings. The molecule has 1 aromatic carbocycles. The van der Waals surface area contributed by atoms with E-state index in [4.69, 9.17) is 10.5 Å². The van der Waals surface area contributed by atoms with Crippen LogP contribution in [0.1, 0.15) is 28.7 Å². The molecule has 0 aliphatic carbocycles. The number of aromatic nitrogens is 4. The number of nitrogens with one attached hydrogen (secondary N) is 1. The van der Waals surface area contributed by atoms with Gasteiger partial charge < -0.3 is 20.9 Å². The maximum atomic E-state index is 14.3. The molecule has 3 heterocycles. The van der Waals surface area contributed by atoms with Crippen molar-refractivity contribution in [3.63, 3.8) is 0 Å².